The van der Waals surface area contributed by atoms with Gasteiger partial charge in [0.15, 0.2) is 0 Å². The lowest BCUT2D eigenvalue weighted by Gasteiger charge is -2.61. The Morgan fingerprint density at radius 3 is 2.16 bits per heavy atom. The SMILES string of the molecule is CNC1(c2ccccn2)C2CC3CC(C2)CC1C3.Cl. The van der Waals surface area contributed by atoms with Crippen molar-refractivity contribution in [1.29, 1.82) is 0 Å². The maximum atomic E-state index is 4.71. The van der Waals surface area contributed by atoms with Crippen LogP contribution >= 0.6 is 12.4 Å². The average molecular weight is 279 g/mol. The van der Waals surface area contributed by atoms with Gasteiger partial charge in [0.2, 0.25) is 0 Å². The molecule has 19 heavy (non-hydrogen) atoms. The number of nitrogens with zero attached hydrogens (tertiary/aromatic N) is 1. The zero-order valence-electron chi connectivity index (χ0n) is 11.5. The Labute approximate surface area is 121 Å². The Hall–Kier alpha value is -0.600. The summed E-state index contributed by atoms with van der Waals surface area (Å²) in [7, 11) is 2.15. The largest absolute Gasteiger partial charge is 0.309 e. The zero-order valence-corrected chi connectivity index (χ0v) is 12.3. The summed E-state index contributed by atoms with van der Waals surface area (Å²) in [6, 6.07) is 6.41. The highest BCUT2D eigenvalue weighted by atomic mass is 35.5. The minimum Gasteiger partial charge on any atom is -0.309 e. The lowest BCUT2D eigenvalue weighted by atomic mass is 9.48. The van der Waals surface area contributed by atoms with Gasteiger partial charge in [-0.05, 0) is 75.0 Å². The monoisotopic (exact) mass is 278 g/mol. The van der Waals surface area contributed by atoms with Gasteiger partial charge in [-0.15, -0.1) is 12.4 Å². The smallest absolute Gasteiger partial charge is 0.0663 e. The second kappa shape index (κ2) is 4.75. The molecule has 2 nitrogen and oxygen atoms in total. The van der Waals surface area contributed by atoms with Crippen LogP contribution in [0.15, 0.2) is 24.4 Å². The number of hydrogen-bond acceptors (Lipinski definition) is 2. The van der Waals surface area contributed by atoms with Crippen molar-refractivity contribution in [2.75, 3.05) is 7.05 Å². The number of aromatic nitrogens is 1. The molecule has 4 fully saturated rings. The molecule has 0 aliphatic heterocycles. The molecule has 0 aromatic carbocycles. The van der Waals surface area contributed by atoms with Crippen molar-refractivity contribution in [3.8, 4) is 0 Å². The Morgan fingerprint density at radius 2 is 1.68 bits per heavy atom. The van der Waals surface area contributed by atoms with Crippen molar-refractivity contribution in [2.45, 2.75) is 37.6 Å². The molecule has 4 bridgehead atoms. The molecule has 5 rings (SSSR count). The van der Waals surface area contributed by atoms with Crippen LogP contribution in [0.4, 0.5) is 0 Å². The molecule has 1 heterocycles. The van der Waals surface area contributed by atoms with Crippen LogP contribution in [0.5, 0.6) is 0 Å². The second-order valence-corrected chi connectivity index (χ2v) is 6.64. The van der Waals surface area contributed by atoms with E-state index in [1.807, 2.05) is 12.3 Å². The van der Waals surface area contributed by atoms with Gasteiger partial charge in [0.25, 0.3) is 0 Å². The molecule has 1 aromatic heterocycles. The first-order valence-corrected chi connectivity index (χ1v) is 7.43. The van der Waals surface area contributed by atoms with Crippen molar-refractivity contribution < 1.29 is 0 Å². The molecule has 0 atom stereocenters. The molecular weight excluding hydrogens is 256 g/mol. The topological polar surface area (TPSA) is 24.9 Å². The van der Waals surface area contributed by atoms with Crippen LogP contribution in [0, 0.1) is 23.7 Å². The van der Waals surface area contributed by atoms with Crippen molar-refractivity contribution in [1.82, 2.24) is 10.3 Å². The average Bonchev–Trinajstić information content (AvgIpc) is 2.40. The summed E-state index contributed by atoms with van der Waals surface area (Å²) in [6.45, 7) is 0. The predicted octanol–water partition coefficient (Wildman–Crippen LogP) is 3.37. The molecule has 4 aliphatic rings. The molecule has 0 radical (unpaired) electrons. The van der Waals surface area contributed by atoms with E-state index in [1.165, 1.54) is 37.8 Å². The van der Waals surface area contributed by atoms with Gasteiger partial charge >= 0.3 is 0 Å². The highest BCUT2D eigenvalue weighted by Gasteiger charge is 2.57. The molecule has 0 amide bonds. The van der Waals surface area contributed by atoms with Gasteiger partial charge < -0.3 is 5.32 Å². The van der Waals surface area contributed by atoms with E-state index < -0.39 is 0 Å². The number of halogens is 1. The van der Waals surface area contributed by atoms with E-state index in [2.05, 4.69) is 24.5 Å². The normalized spacial score (nSPS) is 43.0. The number of hydrogen-bond donors (Lipinski definition) is 1. The quantitative estimate of drug-likeness (QED) is 0.897. The molecule has 4 saturated carbocycles. The van der Waals surface area contributed by atoms with E-state index in [9.17, 15) is 0 Å². The summed E-state index contributed by atoms with van der Waals surface area (Å²) in [5.41, 5.74) is 1.47. The minimum absolute atomic E-state index is 0. The fourth-order valence-corrected chi connectivity index (χ4v) is 5.49. The third-order valence-corrected chi connectivity index (χ3v) is 5.93. The van der Waals surface area contributed by atoms with Crippen LogP contribution in [-0.2, 0) is 5.54 Å². The van der Waals surface area contributed by atoms with Crippen molar-refractivity contribution in [2.24, 2.45) is 23.7 Å². The van der Waals surface area contributed by atoms with E-state index in [0.29, 0.717) is 0 Å². The van der Waals surface area contributed by atoms with Gasteiger partial charge in [0, 0.05) is 6.20 Å². The minimum atomic E-state index is 0. The van der Waals surface area contributed by atoms with E-state index >= 15 is 0 Å². The Bertz CT molecular complexity index is 417. The third kappa shape index (κ3) is 1.76. The van der Waals surface area contributed by atoms with Gasteiger partial charge in [-0.2, -0.15) is 0 Å². The van der Waals surface area contributed by atoms with E-state index in [0.717, 1.165) is 23.7 Å². The molecule has 104 valence electrons. The highest BCUT2D eigenvalue weighted by molar-refractivity contribution is 5.85. The Morgan fingerprint density at radius 1 is 1.05 bits per heavy atom. The standard InChI is InChI=1S/C16H22N2.ClH/c1-17-16(15-4-2-3-5-18-15)13-7-11-6-12(9-13)10-14(16)8-11;/h2-5,11-14,17H,6-10H2,1H3;1H. The fraction of sp³-hybridized carbons (Fsp3) is 0.688. The van der Waals surface area contributed by atoms with Gasteiger partial charge in [0.1, 0.15) is 0 Å². The first-order chi connectivity index (χ1) is 8.83. The molecule has 3 heteroatoms. The van der Waals surface area contributed by atoms with Gasteiger partial charge in [-0.1, -0.05) is 6.07 Å². The summed E-state index contributed by atoms with van der Waals surface area (Å²) in [6.07, 6.45) is 9.15. The van der Waals surface area contributed by atoms with Crippen LogP contribution < -0.4 is 5.32 Å². The Kier molecular flexibility index (Phi) is 3.34. The van der Waals surface area contributed by atoms with E-state index in [-0.39, 0.29) is 17.9 Å². The lowest BCUT2D eigenvalue weighted by Crippen LogP contribution is -2.62. The lowest BCUT2D eigenvalue weighted by molar-refractivity contribution is -0.0764. The molecule has 1 N–H and O–H groups in total. The van der Waals surface area contributed by atoms with Crippen molar-refractivity contribution >= 4 is 12.4 Å². The first kappa shape index (κ1) is 13.4. The number of rotatable bonds is 2. The number of nitrogens with one attached hydrogen (secondary N) is 1. The molecule has 4 aliphatic carbocycles. The van der Waals surface area contributed by atoms with Crippen LogP contribution in [0.2, 0.25) is 0 Å². The van der Waals surface area contributed by atoms with Gasteiger partial charge in [-0.3, -0.25) is 4.98 Å². The van der Waals surface area contributed by atoms with Crippen LogP contribution in [0.25, 0.3) is 0 Å². The van der Waals surface area contributed by atoms with Gasteiger partial charge in [0.05, 0.1) is 11.2 Å². The number of pyridine rings is 1. The molecule has 0 saturated heterocycles. The fourth-order valence-electron chi connectivity index (χ4n) is 5.49. The van der Waals surface area contributed by atoms with Gasteiger partial charge in [-0.25, -0.2) is 0 Å². The zero-order chi connectivity index (χ0) is 12.2. The van der Waals surface area contributed by atoms with Crippen LogP contribution in [-0.4, -0.2) is 12.0 Å². The summed E-state index contributed by atoms with van der Waals surface area (Å²) < 4.78 is 0. The summed E-state index contributed by atoms with van der Waals surface area (Å²) >= 11 is 0. The van der Waals surface area contributed by atoms with Crippen LogP contribution in [0.1, 0.15) is 37.8 Å². The van der Waals surface area contributed by atoms with E-state index in [4.69, 9.17) is 4.98 Å². The summed E-state index contributed by atoms with van der Waals surface area (Å²) in [5, 5.41) is 3.71. The third-order valence-electron chi connectivity index (χ3n) is 5.93. The molecule has 0 unspecified atom stereocenters. The summed E-state index contributed by atoms with van der Waals surface area (Å²) in [5.74, 6) is 3.65. The van der Waals surface area contributed by atoms with Crippen molar-refractivity contribution in [3.63, 3.8) is 0 Å². The Balaban J connectivity index is 0.00000110. The maximum absolute atomic E-state index is 4.71. The van der Waals surface area contributed by atoms with E-state index in [1.54, 1.807) is 0 Å². The maximum Gasteiger partial charge on any atom is 0.0663 e. The predicted molar refractivity (Wildman–Crippen MR) is 79.3 cm³/mol. The molecule has 0 spiro atoms. The summed E-state index contributed by atoms with van der Waals surface area (Å²) in [4.78, 5) is 4.71. The van der Waals surface area contributed by atoms with Crippen LogP contribution in [0.3, 0.4) is 0 Å². The molecular formula is C16H23ClN2. The first-order valence-electron chi connectivity index (χ1n) is 7.43. The molecule has 1 aromatic rings. The second-order valence-electron chi connectivity index (χ2n) is 6.64. The van der Waals surface area contributed by atoms with Crippen molar-refractivity contribution in [3.05, 3.63) is 30.1 Å². The highest BCUT2D eigenvalue weighted by Crippen LogP contribution is 2.61.